The van der Waals surface area contributed by atoms with Crippen molar-refractivity contribution in [3.05, 3.63) is 12.2 Å². The van der Waals surface area contributed by atoms with Gasteiger partial charge in [0.25, 0.3) is 0 Å². The maximum absolute atomic E-state index is 12.9. The van der Waals surface area contributed by atoms with Gasteiger partial charge in [0.2, 0.25) is 0 Å². The first-order valence-corrected chi connectivity index (χ1v) is 15.8. The molecule has 40 heavy (non-hydrogen) atoms. The van der Waals surface area contributed by atoms with Crippen molar-refractivity contribution in [1.29, 1.82) is 0 Å². The fourth-order valence-corrected chi connectivity index (χ4v) is 12.1. The molecule has 5 rings (SSSR count). The molecular formula is C34H52O6. The van der Waals surface area contributed by atoms with E-state index in [4.69, 9.17) is 9.84 Å². The van der Waals surface area contributed by atoms with E-state index in [1.54, 1.807) is 0 Å². The number of carbonyl (C=O) groups excluding carboxylic acids is 1. The third-order valence-electron chi connectivity index (χ3n) is 14.2. The highest BCUT2D eigenvalue weighted by molar-refractivity contribution is 5.77. The lowest BCUT2D eigenvalue weighted by Gasteiger charge is -2.72. The summed E-state index contributed by atoms with van der Waals surface area (Å²) in [6.45, 7) is 18.6. The van der Waals surface area contributed by atoms with Crippen LogP contribution in [-0.4, -0.2) is 34.2 Å². The first-order valence-electron chi connectivity index (χ1n) is 15.8. The molecule has 0 aliphatic heterocycles. The quantitative estimate of drug-likeness (QED) is 0.259. The fourth-order valence-electron chi connectivity index (χ4n) is 12.1. The van der Waals surface area contributed by atoms with Crippen molar-refractivity contribution in [3.63, 3.8) is 0 Å². The van der Waals surface area contributed by atoms with Crippen LogP contribution in [0.1, 0.15) is 119 Å². The number of esters is 1. The van der Waals surface area contributed by atoms with E-state index in [9.17, 15) is 19.5 Å². The summed E-state index contributed by atoms with van der Waals surface area (Å²) in [6, 6.07) is 0. The predicted molar refractivity (Wildman–Crippen MR) is 153 cm³/mol. The van der Waals surface area contributed by atoms with Gasteiger partial charge in [-0.15, -0.1) is 0 Å². The minimum Gasteiger partial charge on any atom is -0.481 e. The van der Waals surface area contributed by atoms with Crippen molar-refractivity contribution in [2.45, 2.75) is 125 Å². The second kappa shape index (κ2) is 9.59. The number of aliphatic carboxylic acids is 2. The Kier molecular flexibility index (Phi) is 7.11. The van der Waals surface area contributed by atoms with Crippen LogP contribution in [0.3, 0.4) is 0 Å². The van der Waals surface area contributed by atoms with E-state index in [1.165, 1.54) is 5.57 Å². The van der Waals surface area contributed by atoms with E-state index in [-0.39, 0.29) is 46.5 Å². The topological polar surface area (TPSA) is 101 Å². The second-order valence-electron chi connectivity index (χ2n) is 15.9. The molecular weight excluding hydrogens is 504 g/mol. The van der Waals surface area contributed by atoms with Crippen LogP contribution in [0.4, 0.5) is 0 Å². The molecule has 0 heterocycles. The zero-order chi connectivity index (χ0) is 29.5. The summed E-state index contributed by atoms with van der Waals surface area (Å²) < 4.78 is 5.97. The standard InChI is InChI=1S/C34H52O6/c1-20(2)21-12-17-34(29(38)39)19-18-32(6)22(28(21)34)8-9-24-31(5)15-14-25(40-27(37)11-10-26(35)36)30(3,4)23(31)13-16-33(24,32)7/h21-25,28H,1,8-19H2,2-7H3,(H,35,36)(H,38,39)/t21-,22+,23-,24-,25-,28+,31-,32+,33+,34-/m0/s1. The highest BCUT2D eigenvalue weighted by Gasteiger charge is 2.72. The SMILES string of the molecule is C=C(C)[C@@H]1CC[C@]2(C(=O)O)CC[C@]3(C)[C@H](CC[C@H]4[C@@]5(C)CC[C@H](OC(=O)CCC(=O)O)C(C)(C)[C@@H]5CC[C@]43C)[C@@H]12. The van der Waals surface area contributed by atoms with Gasteiger partial charge in [0.1, 0.15) is 6.10 Å². The van der Waals surface area contributed by atoms with Gasteiger partial charge in [-0.25, -0.2) is 0 Å². The van der Waals surface area contributed by atoms with Gasteiger partial charge in [0.15, 0.2) is 0 Å². The molecule has 0 aromatic carbocycles. The van der Waals surface area contributed by atoms with Gasteiger partial charge in [0, 0.05) is 5.41 Å². The zero-order valence-electron chi connectivity index (χ0n) is 25.7. The van der Waals surface area contributed by atoms with Crippen molar-refractivity contribution >= 4 is 17.9 Å². The van der Waals surface area contributed by atoms with Gasteiger partial charge in [-0.05, 0) is 117 Å². The van der Waals surface area contributed by atoms with E-state index < -0.39 is 23.3 Å². The van der Waals surface area contributed by atoms with E-state index in [0.717, 1.165) is 64.2 Å². The number of allylic oxidation sites excluding steroid dienone is 1. The summed E-state index contributed by atoms with van der Waals surface area (Å²) in [4.78, 5) is 36.4. The van der Waals surface area contributed by atoms with Crippen molar-refractivity contribution in [3.8, 4) is 0 Å². The van der Waals surface area contributed by atoms with Gasteiger partial charge >= 0.3 is 17.9 Å². The summed E-state index contributed by atoms with van der Waals surface area (Å²) in [5, 5.41) is 19.6. The molecule has 6 heteroatoms. The smallest absolute Gasteiger partial charge is 0.309 e. The monoisotopic (exact) mass is 556 g/mol. The lowest BCUT2D eigenvalue weighted by atomic mass is 9.32. The summed E-state index contributed by atoms with van der Waals surface area (Å²) in [5.41, 5.74) is 0.734. The van der Waals surface area contributed by atoms with E-state index >= 15 is 0 Å². The van der Waals surface area contributed by atoms with E-state index in [2.05, 4.69) is 48.1 Å². The van der Waals surface area contributed by atoms with Crippen LogP contribution in [0.2, 0.25) is 0 Å². The number of hydrogen-bond acceptors (Lipinski definition) is 4. The number of fused-ring (bicyclic) bond motifs is 7. The molecule has 5 fully saturated rings. The Bertz CT molecular complexity index is 1090. The van der Waals surface area contributed by atoms with Gasteiger partial charge in [0.05, 0.1) is 18.3 Å². The van der Waals surface area contributed by atoms with Crippen LogP contribution >= 0.6 is 0 Å². The van der Waals surface area contributed by atoms with Crippen molar-refractivity contribution < 1.29 is 29.3 Å². The highest BCUT2D eigenvalue weighted by Crippen LogP contribution is 2.77. The molecule has 0 aromatic rings. The van der Waals surface area contributed by atoms with Crippen LogP contribution in [0.5, 0.6) is 0 Å². The Labute approximate surface area is 240 Å². The maximum atomic E-state index is 12.9. The van der Waals surface area contributed by atoms with Crippen LogP contribution in [-0.2, 0) is 19.1 Å². The van der Waals surface area contributed by atoms with Crippen molar-refractivity contribution in [2.24, 2.45) is 56.7 Å². The van der Waals surface area contributed by atoms with E-state index in [0.29, 0.717) is 23.7 Å². The molecule has 0 radical (unpaired) electrons. The predicted octanol–water partition coefficient (Wildman–Crippen LogP) is 7.51. The van der Waals surface area contributed by atoms with E-state index in [1.807, 2.05) is 0 Å². The van der Waals surface area contributed by atoms with Crippen molar-refractivity contribution in [1.82, 2.24) is 0 Å². The average Bonchev–Trinajstić information content (AvgIpc) is 3.26. The Balaban J connectivity index is 1.43. The number of carboxylic acids is 2. The first kappa shape index (κ1) is 29.6. The molecule has 10 atom stereocenters. The Hall–Kier alpha value is -1.85. The minimum absolute atomic E-state index is 0.0749. The Morgan fingerprint density at radius 3 is 2.12 bits per heavy atom. The van der Waals surface area contributed by atoms with Crippen LogP contribution in [0.15, 0.2) is 12.2 Å². The van der Waals surface area contributed by atoms with Crippen LogP contribution in [0, 0.1) is 56.7 Å². The lowest BCUT2D eigenvalue weighted by Crippen LogP contribution is -2.67. The maximum Gasteiger partial charge on any atom is 0.309 e. The number of hydrogen-bond donors (Lipinski definition) is 2. The number of carboxylic acid groups (broad SMARTS) is 2. The third kappa shape index (κ3) is 3.96. The first-order chi connectivity index (χ1) is 18.5. The Morgan fingerprint density at radius 2 is 1.50 bits per heavy atom. The molecule has 2 N–H and O–H groups in total. The molecule has 5 saturated carbocycles. The Morgan fingerprint density at radius 1 is 0.800 bits per heavy atom. The zero-order valence-corrected chi connectivity index (χ0v) is 25.7. The minimum atomic E-state index is -0.974. The number of rotatable bonds is 6. The molecule has 6 nitrogen and oxygen atoms in total. The third-order valence-corrected chi connectivity index (χ3v) is 14.2. The molecule has 0 saturated heterocycles. The summed E-state index contributed by atoms with van der Waals surface area (Å²) in [6.07, 6.45) is 9.33. The van der Waals surface area contributed by atoms with Crippen LogP contribution in [0.25, 0.3) is 0 Å². The summed E-state index contributed by atoms with van der Waals surface area (Å²) >= 11 is 0. The summed E-state index contributed by atoms with van der Waals surface area (Å²) in [5.74, 6) is -0.0961. The number of ether oxygens (including phenoxy) is 1. The summed E-state index contributed by atoms with van der Waals surface area (Å²) in [7, 11) is 0. The van der Waals surface area contributed by atoms with Gasteiger partial charge < -0.3 is 14.9 Å². The molecule has 0 amide bonds. The molecule has 0 unspecified atom stereocenters. The lowest BCUT2D eigenvalue weighted by molar-refractivity contribution is -0.250. The molecule has 0 aromatic heterocycles. The molecule has 5 aliphatic rings. The normalized spacial score (nSPS) is 47.1. The highest BCUT2D eigenvalue weighted by atomic mass is 16.5. The van der Waals surface area contributed by atoms with Crippen molar-refractivity contribution in [2.75, 3.05) is 0 Å². The molecule has 5 aliphatic carbocycles. The molecule has 0 spiro atoms. The van der Waals surface area contributed by atoms with Gasteiger partial charge in [-0.2, -0.15) is 0 Å². The number of carbonyl (C=O) groups is 3. The largest absolute Gasteiger partial charge is 0.481 e. The average molecular weight is 557 g/mol. The van der Waals surface area contributed by atoms with Gasteiger partial charge in [-0.3, -0.25) is 14.4 Å². The molecule has 0 bridgehead atoms. The van der Waals surface area contributed by atoms with Gasteiger partial charge in [-0.1, -0.05) is 46.8 Å². The molecule has 224 valence electrons. The second-order valence-corrected chi connectivity index (χ2v) is 15.9. The fraction of sp³-hybridized carbons (Fsp3) is 0.853. The van der Waals surface area contributed by atoms with Crippen LogP contribution < -0.4 is 0 Å².